The first kappa shape index (κ1) is 15.1. The topological polar surface area (TPSA) is 21.3 Å². The van der Waals surface area contributed by atoms with Gasteiger partial charge in [0.25, 0.3) is 0 Å². The maximum Gasteiger partial charge on any atom is 0.122 e. The SMILES string of the molecule is CCNC1CCCc2ccc(OCc3ccc(Br)s3)cc21. The minimum Gasteiger partial charge on any atom is -0.488 e. The first-order valence-corrected chi connectivity index (χ1v) is 9.10. The predicted octanol–water partition coefficient (Wildman–Crippen LogP) is 5.08. The summed E-state index contributed by atoms with van der Waals surface area (Å²) in [5, 5.41) is 3.59. The maximum atomic E-state index is 5.96. The summed E-state index contributed by atoms with van der Waals surface area (Å²) in [5.41, 5.74) is 2.89. The van der Waals surface area contributed by atoms with E-state index in [-0.39, 0.29) is 0 Å². The molecule has 1 aliphatic carbocycles. The van der Waals surface area contributed by atoms with Crippen LogP contribution in [0.5, 0.6) is 5.75 Å². The molecule has 1 aromatic carbocycles. The van der Waals surface area contributed by atoms with Gasteiger partial charge in [0.05, 0.1) is 3.79 Å². The number of halogens is 1. The summed E-state index contributed by atoms with van der Waals surface area (Å²) in [6, 6.07) is 11.2. The van der Waals surface area contributed by atoms with Crippen LogP contribution in [0.4, 0.5) is 0 Å². The molecule has 0 saturated carbocycles. The molecule has 0 bridgehead atoms. The van der Waals surface area contributed by atoms with Crippen LogP contribution < -0.4 is 10.1 Å². The molecule has 1 aromatic heterocycles. The summed E-state index contributed by atoms with van der Waals surface area (Å²) in [5.74, 6) is 0.975. The summed E-state index contributed by atoms with van der Waals surface area (Å²) in [7, 11) is 0. The molecule has 1 N–H and O–H groups in total. The summed E-state index contributed by atoms with van der Waals surface area (Å²) >= 11 is 5.21. The molecule has 2 nitrogen and oxygen atoms in total. The van der Waals surface area contributed by atoms with Crippen molar-refractivity contribution in [3.8, 4) is 5.75 Å². The van der Waals surface area contributed by atoms with Gasteiger partial charge < -0.3 is 10.1 Å². The van der Waals surface area contributed by atoms with Crippen LogP contribution in [0.15, 0.2) is 34.1 Å². The van der Waals surface area contributed by atoms with Gasteiger partial charge in [0.2, 0.25) is 0 Å². The Kier molecular flexibility index (Phi) is 4.99. The lowest BCUT2D eigenvalue weighted by molar-refractivity contribution is 0.308. The molecule has 112 valence electrons. The van der Waals surface area contributed by atoms with Crippen molar-refractivity contribution in [2.24, 2.45) is 0 Å². The van der Waals surface area contributed by atoms with E-state index in [9.17, 15) is 0 Å². The zero-order chi connectivity index (χ0) is 14.7. The van der Waals surface area contributed by atoms with Gasteiger partial charge in [-0.3, -0.25) is 0 Å². The minimum atomic E-state index is 0.484. The van der Waals surface area contributed by atoms with Crippen molar-refractivity contribution >= 4 is 27.3 Å². The number of hydrogen-bond donors (Lipinski definition) is 1. The lowest BCUT2D eigenvalue weighted by Gasteiger charge is -2.26. The Morgan fingerprint density at radius 3 is 3.00 bits per heavy atom. The molecule has 0 aliphatic heterocycles. The largest absolute Gasteiger partial charge is 0.488 e. The molecule has 2 aromatic rings. The van der Waals surface area contributed by atoms with E-state index in [1.54, 1.807) is 11.3 Å². The average Bonchev–Trinajstić information content (AvgIpc) is 2.91. The van der Waals surface area contributed by atoms with E-state index < -0.39 is 0 Å². The standard InChI is InChI=1S/C17H20BrNOS/c1-2-19-16-5-3-4-12-6-7-13(10-15(12)16)20-11-14-8-9-17(18)21-14/h6-10,16,19H,2-5,11H2,1H3. The molecule has 4 heteroatoms. The van der Waals surface area contributed by atoms with Crippen molar-refractivity contribution in [3.63, 3.8) is 0 Å². The molecule has 0 fully saturated rings. The van der Waals surface area contributed by atoms with Crippen molar-refractivity contribution < 1.29 is 4.74 Å². The highest BCUT2D eigenvalue weighted by molar-refractivity contribution is 9.11. The second kappa shape index (κ2) is 6.95. The molecule has 0 saturated heterocycles. The van der Waals surface area contributed by atoms with Gasteiger partial charge in [0, 0.05) is 10.9 Å². The predicted molar refractivity (Wildman–Crippen MR) is 92.1 cm³/mol. The summed E-state index contributed by atoms with van der Waals surface area (Å²) < 4.78 is 7.11. The van der Waals surface area contributed by atoms with Crippen LogP contribution in [0.25, 0.3) is 0 Å². The van der Waals surface area contributed by atoms with Gasteiger partial charge in [0.15, 0.2) is 0 Å². The molecule has 0 spiro atoms. The van der Waals surface area contributed by atoms with Gasteiger partial charge in [-0.25, -0.2) is 0 Å². The van der Waals surface area contributed by atoms with Crippen LogP contribution in [0.2, 0.25) is 0 Å². The molecule has 3 rings (SSSR count). The normalized spacial score (nSPS) is 17.5. The third-order valence-electron chi connectivity index (χ3n) is 3.89. The fourth-order valence-corrected chi connectivity index (χ4v) is 4.31. The molecule has 1 unspecified atom stereocenters. The third kappa shape index (κ3) is 3.68. The number of rotatable bonds is 5. The zero-order valence-corrected chi connectivity index (χ0v) is 14.6. The van der Waals surface area contributed by atoms with Gasteiger partial charge in [-0.05, 0) is 77.1 Å². The Bertz CT molecular complexity index is 611. The van der Waals surface area contributed by atoms with Crippen molar-refractivity contribution in [2.45, 2.75) is 38.8 Å². The Balaban J connectivity index is 1.73. The highest BCUT2D eigenvalue weighted by atomic mass is 79.9. The fourth-order valence-electron chi connectivity index (χ4n) is 2.91. The number of fused-ring (bicyclic) bond motifs is 1. The van der Waals surface area contributed by atoms with Gasteiger partial charge >= 0.3 is 0 Å². The number of ether oxygens (including phenoxy) is 1. The van der Waals surface area contributed by atoms with Crippen LogP contribution >= 0.6 is 27.3 Å². The smallest absolute Gasteiger partial charge is 0.122 e. The second-order valence-electron chi connectivity index (χ2n) is 5.36. The Morgan fingerprint density at radius 2 is 2.24 bits per heavy atom. The molecule has 1 atom stereocenters. The van der Waals surface area contributed by atoms with E-state index in [0.717, 1.165) is 16.1 Å². The number of thiophene rings is 1. The van der Waals surface area contributed by atoms with E-state index >= 15 is 0 Å². The quantitative estimate of drug-likeness (QED) is 0.797. The van der Waals surface area contributed by atoms with Gasteiger partial charge in [0.1, 0.15) is 12.4 Å². The number of nitrogens with one attached hydrogen (secondary N) is 1. The van der Waals surface area contributed by atoms with Crippen LogP contribution in [0.1, 0.15) is 41.8 Å². The van der Waals surface area contributed by atoms with Crippen molar-refractivity contribution in [2.75, 3.05) is 6.54 Å². The zero-order valence-electron chi connectivity index (χ0n) is 12.2. The van der Waals surface area contributed by atoms with Crippen LogP contribution in [-0.4, -0.2) is 6.54 Å². The lowest BCUT2D eigenvalue weighted by atomic mass is 9.87. The lowest BCUT2D eigenvalue weighted by Crippen LogP contribution is -2.24. The molecule has 1 heterocycles. The molecular formula is C17H20BrNOS. The number of hydrogen-bond acceptors (Lipinski definition) is 3. The molecule has 0 radical (unpaired) electrons. The molecule has 1 aliphatic rings. The molecular weight excluding hydrogens is 346 g/mol. The highest BCUT2D eigenvalue weighted by Crippen LogP contribution is 2.33. The summed E-state index contributed by atoms with van der Waals surface area (Å²) in [6.07, 6.45) is 3.69. The van der Waals surface area contributed by atoms with Crippen LogP contribution in [0.3, 0.4) is 0 Å². The van der Waals surface area contributed by atoms with Crippen molar-refractivity contribution in [1.29, 1.82) is 0 Å². The van der Waals surface area contributed by atoms with E-state index in [4.69, 9.17) is 4.74 Å². The number of benzene rings is 1. The van der Waals surface area contributed by atoms with Gasteiger partial charge in [-0.15, -0.1) is 11.3 Å². The minimum absolute atomic E-state index is 0.484. The van der Waals surface area contributed by atoms with Gasteiger partial charge in [-0.1, -0.05) is 13.0 Å². The maximum absolute atomic E-state index is 5.96. The molecule has 0 amide bonds. The fraction of sp³-hybridized carbons (Fsp3) is 0.412. The first-order chi connectivity index (χ1) is 10.3. The Hall–Kier alpha value is -0.840. The van der Waals surface area contributed by atoms with Crippen LogP contribution in [0, 0.1) is 0 Å². The van der Waals surface area contributed by atoms with Gasteiger partial charge in [-0.2, -0.15) is 0 Å². The average molecular weight is 366 g/mol. The first-order valence-electron chi connectivity index (χ1n) is 7.49. The van der Waals surface area contributed by atoms with E-state index in [1.165, 1.54) is 35.3 Å². The Labute approximate surface area is 138 Å². The van der Waals surface area contributed by atoms with E-state index in [0.29, 0.717) is 12.6 Å². The summed E-state index contributed by atoms with van der Waals surface area (Å²) in [6.45, 7) is 3.82. The number of aryl methyl sites for hydroxylation is 1. The third-order valence-corrected chi connectivity index (χ3v) is 5.49. The van der Waals surface area contributed by atoms with Crippen molar-refractivity contribution in [1.82, 2.24) is 5.32 Å². The summed E-state index contributed by atoms with van der Waals surface area (Å²) in [4.78, 5) is 1.24. The molecule has 21 heavy (non-hydrogen) atoms. The monoisotopic (exact) mass is 365 g/mol. The van der Waals surface area contributed by atoms with Crippen LogP contribution in [-0.2, 0) is 13.0 Å². The highest BCUT2D eigenvalue weighted by Gasteiger charge is 2.19. The van der Waals surface area contributed by atoms with Crippen molar-refractivity contribution in [3.05, 3.63) is 50.1 Å². The second-order valence-corrected chi connectivity index (χ2v) is 7.91. The van der Waals surface area contributed by atoms with E-state index in [2.05, 4.69) is 58.5 Å². The van der Waals surface area contributed by atoms with E-state index in [1.807, 2.05) is 0 Å². The Morgan fingerprint density at radius 1 is 1.33 bits per heavy atom.